The second-order valence-corrected chi connectivity index (χ2v) is 5.78. The molecule has 0 aromatic heterocycles. The Bertz CT molecular complexity index is 531. The maximum Gasteiger partial charge on any atom is 0.509 e. The molecule has 2 rings (SSSR count). The smallest absolute Gasteiger partial charge is 0.429 e. The molecule has 0 unspecified atom stereocenters. The predicted octanol–water partition coefficient (Wildman–Crippen LogP) is 4.73. The fourth-order valence-electron chi connectivity index (χ4n) is 1.95. The molecule has 0 heterocycles. The van der Waals surface area contributed by atoms with Crippen LogP contribution in [0.3, 0.4) is 0 Å². The Labute approximate surface area is 125 Å². The molecule has 0 aliphatic rings. The highest BCUT2D eigenvalue weighted by molar-refractivity contribution is 5.61. The highest BCUT2D eigenvalue weighted by Gasteiger charge is 2.23. The molecular weight excluding hydrogens is 264 g/mol. The van der Waals surface area contributed by atoms with Crippen LogP contribution in [-0.4, -0.2) is 11.8 Å². The average molecular weight is 284 g/mol. The summed E-state index contributed by atoms with van der Waals surface area (Å²) in [5, 5.41) is 0. The van der Waals surface area contributed by atoms with Crippen molar-refractivity contribution in [1.82, 2.24) is 0 Å². The van der Waals surface area contributed by atoms with E-state index < -0.39 is 17.9 Å². The Hall–Kier alpha value is -2.29. The highest BCUT2D eigenvalue weighted by atomic mass is 16.7. The van der Waals surface area contributed by atoms with Crippen LogP contribution in [0.5, 0.6) is 0 Å². The van der Waals surface area contributed by atoms with E-state index in [0.29, 0.717) is 0 Å². The van der Waals surface area contributed by atoms with Crippen molar-refractivity contribution < 1.29 is 14.3 Å². The molecule has 0 radical (unpaired) electrons. The van der Waals surface area contributed by atoms with Crippen LogP contribution >= 0.6 is 0 Å². The molecule has 0 aliphatic heterocycles. The zero-order valence-electron chi connectivity index (χ0n) is 12.6. The number of benzene rings is 2. The number of rotatable bonds is 3. The quantitative estimate of drug-likeness (QED) is 0.764. The standard InChI is InChI=1S/C18H20O3/c1-18(2,3)21-17(19)20-16(14-10-6-4-7-11-14)15-12-8-5-9-13-15/h4-13,16H,1-3H3. The van der Waals surface area contributed by atoms with Gasteiger partial charge in [-0.25, -0.2) is 4.79 Å². The van der Waals surface area contributed by atoms with E-state index in [1.54, 1.807) is 0 Å². The van der Waals surface area contributed by atoms with E-state index in [0.717, 1.165) is 11.1 Å². The Morgan fingerprint density at radius 3 is 1.67 bits per heavy atom. The number of hydrogen-bond donors (Lipinski definition) is 0. The second kappa shape index (κ2) is 6.44. The minimum atomic E-state index is -0.666. The molecule has 3 nitrogen and oxygen atoms in total. The molecule has 3 heteroatoms. The van der Waals surface area contributed by atoms with Crippen LogP contribution in [0, 0.1) is 0 Å². The van der Waals surface area contributed by atoms with Crippen LogP contribution in [-0.2, 0) is 9.47 Å². The van der Waals surface area contributed by atoms with Gasteiger partial charge in [0.05, 0.1) is 0 Å². The minimum absolute atomic E-state index is 0.470. The van der Waals surface area contributed by atoms with Crippen LogP contribution in [0.15, 0.2) is 60.7 Å². The summed E-state index contributed by atoms with van der Waals surface area (Å²) in [6.45, 7) is 5.44. The molecular formula is C18H20O3. The first kappa shape index (κ1) is 15.1. The van der Waals surface area contributed by atoms with Crippen molar-refractivity contribution in [1.29, 1.82) is 0 Å². The molecule has 2 aromatic rings. The summed E-state index contributed by atoms with van der Waals surface area (Å²) in [6.07, 6.45) is -1.14. The predicted molar refractivity (Wildman–Crippen MR) is 82.0 cm³/mol. The van der Waals surface area contributed by atoms with Gasteiger partial charge in [0.2, 0.25) is 0 Å². The third-order valence-corrected chi connectivity index (χ3v) is 2.81. The van der Waals surface area contributed by atoms with E-state index in [1.165, 1.54) is 0 Å². The van der Waals surface area contributed by atoms with Crippen LogP contribution in [0.1, 0.15) is 38.0 Å². The van der Waals surface area contributed by atoms with Gasteiger partial charge in [-0.2, -0.15) is 0 Å². The molecule has 0 saturated heterocycles. The van der Waals surface area contributed by atoms with E-state index >= 15 is 0 Å². The number of carbonyl (C=O) groups is 1. The Balaban J connectivity index is 2.24. The van der Waals surface area contributed by atoms with Gasteiger partial charge in [-0.05, 0) is 31.9 Å². The maximum atomic E-state index is 12.0. The first-order valence-electron chi connectivity index (χ1n) is 6.95. The van der Waals surface area contributed by atoms with Crippen molar-refractivity contribution in [2.24, 2.45) is 0 Å². The lowest BCUT2D eigenvalue weighted by Crippen LogP contribution is -2.25. The molecule has 0 N–H and O–H groups in total. The van der Waals surface area contributed by atoms with Gasteiger partial charge in [0, 0.05) is 0 Å². The first-order valence-corrected chi connectivity index (χ1v) is 6.95. The van der Waals surface area contributed by atoms with Gasteiger partial charge in [0.25, 0.3) is 0 Å². The Morgan fingerprint density at radius 2 is 1.29 bits per heavy atom. The van der Waals surface area contributed by atoms with Crippen LogP contribution < -0.4 is 0 Å². The van der Waals surface area contributed by atoms with E-state index in [2.05, 4.69) is 0 Å². The number of ether oxygens (including phenoxy) is 2. The second-order valence-electron chi connectivity index (χ2n) is 5.78. The van der Waals surface area contributed by atoms with Gasteiger partial charge in [-0.3, -0.25) is 0 Å². The minimum Gasteiger partial charge on any atom is -0.429 e. The van der Waals surface area contributed by atoms with E-state index in [-0.39, 0.29) is 0 Å². The summed E-state index contributed by atoms with van der Waals surface area (Å²) in [4.78, 5) is 12.0. The lowest BCUT2D eigenvalue weighted by molar-refractivity contribution is -0.0201. The van der Waals surface area contributed by atoms with E-state index in [9.17, 15) is 4.79 Å². The van der Waals surface area contributed by atoms with Gasteiger partial charge in [0.15, 0.2) is 6.10 Å². The molecule has 110 valence electrons. The summed E-state index contributed by atoms with van der Waals surface area (Å²) in [6, 6.07) is 19.3. The van der Waals surface area contributed by atoms with Gasteiger partial charge >= 0.3 is 6.16 Å². The van der Waals surface area contributed by atoms with Gasteiger partial charge in [-0.1, -0.05) is 60.7 Å². The van der Waals surface area contributed by atoms with Crippen LogP contribution in [0.2, 0.25) is 0 Å². The zero-order chi connectivity index (χ0) is 15.3. The molecule has 21 heavy (non-hydrogen) atoms. The SMILES string of the molecule is CC(C)(C)OC(=O)OC(c1ccccc1)c1ccccc1. The molecule has 0 bridgehead atoms. The summed E-state index contributed by atoms with van der Waals surface area (Å²) in [5.41, 5.74) is 1.25. The summed E-state index contributed by atoms with van der Waals surface area (Å²) in [7, 11) is 0. The third-order valence-electron chi connectivity index (χ3n) is 2.81. The molecule has 0 atom stereocenters. The lowest BCUT2D eigenvalue weighted by atomic mass is 10.0. The van der Waals surface area contributed by atoms with Crippen molar-refractivity contribution >= 4 is 6.16 Å². The highest BCUT2D eigenvalue weighted by Crippen LogP contribution is 2.27. The lowest BCUT2D eigenvalue weighted by Gasteiger charge is -2.23. The van der Waals surface area contributed by atoms with E-state index in [4.69, 9.17) is 9.47 Å². The maximum absolute atomic E-state index is 12.0. The Kier molecular flexibility index (Phi) is 4.63. The normalized spacial score (nSPS) is 11.2. The average Bonchev–Trinajstić information content (AvgIpc) is 2.45. The topological polar surface area (TPSA) is 35.5 Å². The monoisotopic (exact) mass is 284 g/mol. The summed E-state index contributed by atoms with van der Waals surface area (Å²) < 4.78 is 10.8. The zero-order valence-corrected chi connectivity index (χ0v) is 12.6. The summed E-state index contributed by atoms with van der Waals surface area (Å²) >= 11 is 0. The largest absolute Gasteiger partial charge is 0.509 e. The Morgan fingerprint density at radius 1 is 0.857 bits per heavy atom. The molecule has 0 amide bonds. The first-order chi connectivity index (χ1) is 9.96. The van der Waals surface area contributed by atoms with Crippen molar-refractivity contribution in [3.8, 4) is 0 Å². The molecule has 0 fully saturated rings. The van der Waals surface area contributed by atoms with E-state index in [1.807, 2.05) is 81.4 Å². The van der Waals surface area contributed by atoms with Crippen molar-refractivity contribution in [3.63, 3.8) is 0 Å². The molecule has 0 saturated carbocycles. The number of carbonyl (C=O) groups excluding carboxylic acids is 1. The third kappa shape index (κ3) is 4.63. The van der Waals surface area contributed by atoms with Gasteiger partial charge in [-0.15, -0.1) is 0 Å². The molecule has 2 aromatic carbocycles. The summed E-state index contributed by atoms with van der Waals surface area (Å²) in [5.74, 6) is 0. The fourth-order valence-corrected chi connectivity index (χ4v) is 1.95. The number of hydrogen-bond acceptors (Lipinski definition) is 3. The molecule has 0 spiro atoms. The van der Waals surface area contributed by atoms with Crippen LogP contribution in [0.25, 0.3) is 0 Å². The fraction of sp³-hybridized carbons (Fsp3) is 0.278. The molecule has 0 aliphatic carbocycles. The van der Waals surface area contributed by atoms with Crippen molar-refractivity contribution in [2.45, 2.75) is 32.5 Å². The van der Waals surface area contributed by atoms with Gasteiger partial charge < -0.3 is 9.47 Å². The van der Waals surface area contributed by atoms with Gasteiger partial charge in [0.1, 0.15) is 5.60 Å². The van der Waals surface area contributed by atoms with Crippen LogP contribution in [0.4, 0.5) is 4.79 Å². The van der Waals surface area contributed by atoms with Crippen molar-refractivity contribution in [3.05, 3.63) is 71.8 Å². The van der Waals surface area contributed by atoms with Crippen molar-refractivity contribution in [2.75, 3.05) is 0 Å².